The zero-order valence-electron chi connectivity index (χ0n) is 48.3. The third-order valence-corrected chi connectivity index (χ3v) is 25.7. The zero-order valence-corrected chi connectivity index (χ0v) is 51.6. The van der Waals surface area contributed by atoms with Crippen molar-refractivity contribution in [3.05, 3.63) is 147 Å². The van der Waals surface area contributed by atoms with Crippen LogP contribution in [0.1, 0.15) is 139 Å². The molecule has 448 valence electrons. The Morgan fingerprint density at radius 2 is 1.64 bits per heavy atom. The van der Waals surface area contributed by atoms with Gasteiger partial charge in [-0.15, -0.1) is 0 Å². The summed E-state index contributed by atoms with van der Waals surface area (Å²) in [5, 5.41) is 79.6. The Morgan fingerprint density at radius 1 is 0.821 bits per heavy atom. The number of aromatic nitrogens is 1. The molecular weight excluding hydrogens is 1130 g/mol. The first-order valence-electron chi connectivity index (χ1n) is 30.7. The lowest BCUT2D eigenvalue weighted by atomic mass is 9.52. The number of piperidine rings is 1. The Bertz CT molecular complexity index is 3280. The highest BCUT2D eigenvalue weighted by atomic mass is 33.1. The van der Waals surface area contributed by atoms with Gasteiger partial charge in [-0.25, -0.2) is 0 Å². The van der Waals surface area contributed by atoms with Gasteiger partial charge in [-0.05, 0) is 187 Å². The van der Waals surface area contributed by atoms with Gasteiger partial charge in [-0.3, -0.25) is 4.79 Å². The molecule has 3 aliphatic heterocycles. The Labute approximate surface area is 510 Å². The van der Waals surface area contributed by atoms with Gasteiger partial charge in [0.1, 0.15) is 11.9 Å². The molecule has 1 saturated heterocycles. The molecule has 0 unspecified atom stereocenters. The second-order valence-corrected chi connectivity index (χ2v) is 29.9. The maximum Gasteiger partial charge on any atom is 0.186 e. The molecule has 1 aromatic heterocycles. The minimum Gasteiger partial charge on any atom is -0.508 e. The predicted octanol–water partition coefficient (Wildman–Crippen LogP) is 12.6. The van der Waals surface area contributed by atoms with E-state index in [-0.39, 0.29) is 47.6 Å². The first kappa shape index (κ1) is 59.8. The Balaban J connectivity index is 1.08. The highest BCUT2D eigenvalue weighted by molar-refractivity contribution is 8.77. The van der Waals surface area contributed by atoms with Gasteiger partial charge in [-0.2, -0.15) is 0 Å². The average Bonchev–Trinajstić information content (AvgIpc) is 2.01. The number of ketones is 1. The molecule has 12 nitrogen and oxygen atoms in total. The van der Waals surface area contributed by atoms with E-state index in [0.29, 0.717) is 59.5 Å². The van der Waals surface area contributed by atoms with Crippen molar-refractivity contribution >= 4 is 59.7 Å². The summed E-state index contributed by atoms with van der Waals surface area (Å²) >= 11 is 0. The number of H-pyrrole nitrogens is 1. The Kier molecular flexibility index (Phi) is 18.6. The summed E-state index contributed by atoms with van der Waals surface area (Å²) in [6.07, 6.45) is 13.5. The number of nitrogens with one attached hydrogen (secondary N) is 2. The Hall–Kier alpha value is -4.49. The molecule has 12 atom stereocenters. The molecule has 5 aromatic carbocycles. The van der Waals surface area contributed by atoms with Gasteiger partial charge < -0.3 is 55.2 Å². The molecule has 4 fully saturated rings. The molecule has 6 aliphatic rings. The largest absolute Gasteiger partial charge is 0.508 e. The van der Waals surface area contributed by atoms with Gasteiger partial charge in [0.15, 0.2) is 35.6 Å². The van der Waals surface area contributed by atoms with Crippen LogP contribution in [0, 0.1) is 29.6 Å². The lowest BCUT2D eigenvalue weighted by Crippen LogP contribution is -2.62. The van der Waals surface area contributed by atoms with Crippen molar-refractivity contribution in [2.75, 3.05) is 44.3 Å². The lowest BCUT2D eigenvalue weighted by Gasteiger charge is -2.53. The van der Waals surface area contributed by atoms with Crippen molar-refractivity contribution in [3.63, 3.8) is 0 Å². The van der Waals surface area contributed by atoms with Gasteiger partial charge in [-0.1, -0.05) is 118 Å². The number of ether oxygens (including phenoxy) is 3. The number of phenolic OH excluding ortho intramolecular Hbond substituents is 2. The number of hydrogen-bond acceptors (Lipinski definition) is 15. The van der Waals surface area contributed by atoms with Crippen LogP contribution in [0.2, 0.25) is 0 Å². The molecule has 3 aliphatic carbocycles. The standard InChI is InChI=1S/C68H82N2O10S4/c1-3-41-16-17-42-11-8-14-52-60(35-71)84-83-37-47-29-61(75)68(50-30-49(31-51(73)32-50)67-23-7-6-12-48(67)13-9-24-70-67,55-38-82-81-36-45-10-4-5-15-57(45)80-59-28-44(55)19-21-58(59)79-39-72)66(77)63(47)64(76)46(26-40-22-25-69-34-40)27-43-18-20-56(74)65(78-2)54(43)33-53(41)62(42)52/h8,11,14,16-22,25,28,30-32,34,45-48,55,57,60-61,63-64,69-76H,3-7,9-10,12-13,15,23-24,26-27,29,33,35-39H2,1-2H3/t45-,46-,47+,48+,55+,57+,60+,61+,63-,64+,67+,68-/m1/s1. The van der Waals surface area contributed by atoms with E-state index in [1.165, 1.54) is 0 Å². The number of carbonyl (C=O) groups excluding carboxylic acids is 1. The summed E-state index contributed by atoms with van der Waals surface area (Å²) in [5.41, 5.74) is 5.88. The highest BCUT2D eigenvalue weighted by Crippen LogP contribution is 2.58. The van der Waals surface area contributed by atoms with E-state index >= 15 is 4.79 Å². The number of Topliss-reactive ketones (excluding diaryl/α,β-unsaturated/α-hetero) is 1. The van der Waals surface area contributed by atoms with Crippen LogP contribution in [0.25, 0.3) is 10.8 Å². The molecular formula is C68H82N2O10S4. The molecule has 2 bridgehead atoms. The molecule has 0 radical (unpaired) electrons. The number of methoxy groups -OCH3 is 1. The van der Waals surface area contributed by atoms with Crippen LogP contribution in [0.3, 0.4) is 0 Å². The van der Waals surface area contributed by atoms with Crippen LogP contribution in [-0.2, 0) is 41.4 Å². The molecule has 3 saturated carbocycles. The van der Waals surface area contributed by atoms with Crippen molar-refractivity contribution in [1.82, 2.24) is 10.3 Å². The van der Waals surface area contributed by atoms with Gasteiger partial charge in [0.2, 0.25) is 0 Å². The summed E-state index contributed by atoms with van der Waals surface area (Å²) in [6, 6.07) is 27.7. The number of fused-ring (bicyclic) bond motifs is 6. The average molecular weight is 1220 g/mol. The molecule has 6 aromatic rings. The van der Waals surface area contributed by atoms with Crippen LogP contribution in [-0.4, -0.2) is 104 Å². The third kappa shape index (κ3) is 11.3. The number of aliphatic hydroxyl groups is 4. The SMILES string of the molecule is CCc1ccc2cccc3c2c1Cc1c(ccc(O)c1OC)C[C@@H](Cc1cc[nH]c1)[C@H](O)[C@@H]1C(=O)[C@](c2cc(O)cc([C@]45CCCC[C@H]4CCCN5)c2)([C@H]2CSSC[C@H]4CCCC[C@@H]4Oc4cc2ccc4OCO)[C@@H](O)C[C@H]1CSS[C@H]3CO. The van der Waals surface area contributed by atoms with E-state index in [0.717, 1.165) is 138 Å². The monoisotopic (exact) mass is 1210 g/mol. The minimum absolute atomic E-state index is 0.00519. The van der Waals surface area contributed by atoms with Gasteiger partial charge in [0.25, 0.3) is 0 Å². The van der Waals surface area contributed by atoms with Crippen molar-refractivity contribution in [2.45, 2.75) is 144 Å². The van der Waals surface area contributed by atoms with Crippen molar-refractivity contribution in [2.24, 2.45) is 29.6 Å². The van der Waals surface area contributed by atoms with E-state index in [1.807, 2.05) is 54.9 Å². The highest BCUT2D eigenvalue weighted by Gasteiger charge is 2.62. The van der Waals surface area contributed by atoms with Crippen molar-refractivity contribution in [1.29, 1.82) is 0 Å². The van der Waals surface area contributed by atoms with Crippen molar-refractivity contribution in [3.8, 4) is 28.7 Å². The summed E-state index contributed by atoms with van der Waals surface area (Å²) in [6.45, 7) is 2.27. The number of hydrogen-bond donors (Lipinski definition) is 8. The summed E-state index contributed by atoms with van der Waals surface area (Å²) in [7, 11) is 8.21. The fourth-order valence-electron chi connectivity index (χ4n) is 16.2. The summed E-state index contributed by atoms with van der Waals surface area (Å²) < 4.78 is 19.1. The van der Waals surface area contributed by atoms with Gasteiger partial charge >= 0.3 is 0 Å². The second kappa shape index (κ2) is 26.1. The number of benzene rings is 5. The number of carbonyl (C=O) groups is 1. The van der Waals surface area contributed by atoms with E-state index in [9.17, 15) is 30.6 Å². The van der Waals surface area contributed by atoms with Gasteiger partial charge in [0.05, 0.1) is 36.6 Å². The number of phenols is 2. The predicted molar refractivity (Wildman–Crippen MR) is 340 cm³/mol. The number of aromatic hydroxyl groups is 2. The summed E-state index contributed by atoms with van der Waals surface area (Å²) in [5.74, 6) is 0.331. The molecule has 12 rings (SSSR count). The van der Waals surface area contributed by atoms with E-state index < -0.39 is 53.6 Å². The smallest absolute Gasteiger partial charge is 0.186 e. The Morgan fingerprint density at radius 3 is 2.46 bits per heavy atom. The maximum atomic E-state index is 17.7. The molecule has 84 heavy (non-hydrogen) atoms. The zero-order chi connectivity index (χ0) is 58.1. The van der Waals surface area contributed by atoms with Crippen molar-refractivity contribution < 1.29 is 49.6 Å². The fourth-order valence-corrected chi connectivity index (χ4v) is 21.9. The normalized spacial score (nSPS) is 30.4. The molecule has 0 amide bonds. The second-order valence-electron chi connectivity index (χ2n) is 24.7. The quantitative estimate of drug-likeness (QED) is 0.0477. The third-order valence-electron chi connectivity index (χ3n) is 20.3. The molecule has 0 spiro atoms. The molecule has 16 heteroatoms. The number of aromatic amines is 1. The fraction of sp³-hybridized carbons (Fsp3) is 0.515. The maximum absolute atomic E-state index is 17.7. The van der Waals surface area contributed by atoms with Crippen LogP contribution in [0.15, 0.2) is 97.3 Å². The minimum atomic E-state index is -1.73. The molecule has 4 heterocycles. The summed E-state index contributed by atoms with van der Waals surface area (Å²) in [4.78, 5) is 21.0. The van der Waals surface area contributed by atoms with Crippen LogP contribution >= 0.6 is 43.2 Å². The van der Waals surface area contributed by atoms with Crippen LogP contribution < -0.4 is 19.5 Å². The number of aryl methyl sites for hydroxylation is 1. The topological polar surface area (TPSA) is 194 Å². The number of rotatable bonds is 10. The van der Waals surface area contributed by atoms with E-state index in [1.54, 1.807) is 62.4 Å². The van der Waals surface area contributed by atoms with Crippen LogP contribution in [0.5, 0.6) is 28.7 Å². The first-order valence-corrected chi connectivity index (χ1v) is 35.6. The van der Waals surface area contributed by atoms with Crippen LogP contribution in [0.4, 0.5) is 0 Å². The van der Waals surface area contributed by atoms with Gasteiger partial charge in [0, 0.05) is 64.9 Å². The van der Waals surface area contributed by atoms with E-state index in [4.69, 9.17) is 14.2 Å². The lowest BCUT2D eigenvalue weighted by molar-refractivity contribution is -0.150. The molecule has 8 N–H and O–H groups in total. The first-order chi connectivity index (χ1) is 41.0. The van der Waals surface area contributed by atoms with E-state index in [2.05, 4.69) is 47.6 Å². The number of aliphatic hydroxyl groups excluding tert-OH is 4.